The van der Waals surface area contributed by atoms with Gasteiger partial charge in [-0.1, -0.05) is 42.5 Å². The number of ether oxygens (including phenoxy) is 2. The summed E-state index contributed by atoms with van der Waals surface area (Å²) in [5, 5.41) is 0. The first-order valence-corrected chi connectivity index (χ1v) is 12.0. The third kappa shape index (κ3) is 5.14. The molecule has 0 unspecified atom stereocenters. The maximum Gasteiger partial charge on any atom is 0.410 e. The molecule has 1 aromatic heterocycles. The Morgan fingerprint density at radius 1 is 0.971 bits per heavy atom. The molecule has 2 aromatic carbocycles. The van der Waals surface area contributed by atoms with E-state index < -0.39 is 0 Å². The normalized spacial score (nSPS) is 15.6. The van der Waals surface area contributed by atoms with Gasteiger partial charge in [0.15, 0.2) is 0 Å². The van der Waals surface area contributed by atoms with Crippen molar-refractivity contribution in [1.29, 1.82) is 0 Å². The molecule has 2 aliphatic heterocycles. The lowest BCUT2D eigenvalue weighted by molar-refractivity contribution is 0.0912. The standard InChI is InChI=1S/C27H30N4O3/c1-20-9-8-12-22(17-20)34-25-23-18-31(27(32)33-19-21-10-4-2-5-11-21)16-13-24(23)28-26(29-25)30-14-6-3-7-15-30/h2,4-5,8-12,17H,3,6-7,13-16,18-19H2,1H3. The van der Waals surface area contributed by atoms with Gasteiger partial charge in [-0.25, -0.2) is 9.78 Å². The van der Waals surface area contributed by atoms with Gasteiger partial charge in [-0.05, 0) is 49.4 Å². The molecule has 3 aromatic rings. The molecule has 0 atom stereocenters. The van der Waals surface area contributed by atoms with Crippen LogP contribution >= 0.6 is 0 Å². The number of hydrogen-bond donors (Lipinski definition) is 0. The van der Waals surface area contributed by atoms with E-state index >= 15 is 0 Å². The van der Waals surface area contributed by atoms with Gasteiger partial charge in [0.1, 0.15) is 12.4 Å². The van der Waals surface area contributed by atoms with E-state index in [-0.39, 0.29) is 12.7 Å². The third-order valence-corrected chi connectivity index (χ3v) is 6.32. The Balaban J connectivity index is 1.39. The molecule has 176 valence electrons. The zero-order chi connectivity index (χ0) is 23.3. The molecule has 1 saturated heterocycles. The molecule has 0 bridgehead atoms. The molecule has 1 fully saturated rings. The van der Waals surface area contributed by atoms with Crippen molar-refractivity contribution in [2.75, 3.05) is 24.5 Å². The van der Waals surface area contributed by atoms with Crippen LogP contribution in [0.1, 0.15) is 41.6 Å². The van der Waals surface area contributed by atoms with Crippen molar-refractivity contribution in [2.45, 2.75) is 45.8 Å². The number of rotatable bonds is 5. The first kappa shape index (κ1) is 22.2. The van der Waals surface area contributed by atoms with Gasteiger partial charge >= 0.3 is 6.09 Å². The van der Waals surface area contributed by atoms with E-state index in [0.717, 1.165) is 60.0 Å². The monoisotopic (exact) mass is 458 g/mol. The summed E-state index contributed by atoms with van der Waals surface area (Å²) in [6.45, 7) is 5.12. The lowest BCUT2D eigenvalue weighted by atomic mass is 10.1. The van der Waals surface area contributed by atoms with Crippen LogP contribution in [0.5, 0.6) is 11.6 Å². The second-order valence-electron chi connectivity index (χ2n) is 8.93. The fraction of sp³-hybridized carbons (Fsp3) is 0.370. The van der Waals surface area contributed by atoms with Crippen LogP contribution in [0.25, 0.3) is 0 Å². The summed E-state index contributed by atoms with van der Waals surface area (Å²) in [6.07, 6.45) is 3.85. The number of hydrogen-bond acceptors (Lipinski definition) is 6. The maximum absolute atomic E-state index is 12.8. The molecular formula is C27H30N4O3. The van der Waals surface area contributed by atoms with Gasteiger partial charge in [-0.3, -0.25) is 0 Å². The summed E-state index contributed by atoms with van der Waals surface area (Å²) in [7, 11) is 0. The summed E-state index contributed by atoms with van der Waals surface area (Å²) in [5.74, 6) is 1.98. The predicted molar refractivity (Wildman–Crippen MR) is 130 cm³/mol. The van der Waals surface area contributed by atoms with Crippen LogP contribution < -0.4 is 9.64 Å². The van der Waals surface area contributed by atoms with Gasteiger partial charge in [-0.15, -0.1) is 0 Å². The number of nitrogens with zero attached hydrogens (tertiary/aromatic N) is 4. The van der Waals surface area contributed by atoms with Gasteiger partial charge in [0.05, 0.1) is 17.8 Å². The summed E-state index contributed by atoms with van der Waals surface area (Å²) in [6, 6.07) is 17.6. The van der Waals surface area contributed by atoms with Gasteiger partial charge < -0.3 is 19.3 Å². The fourth-order valence-electron chi connectivity index (χ4n) is 4.45. The highest BCUT2D eigenvalue weighted by Crippen LogP contribution is 2.32. The average Bonchev–Trinajstić information content (AvgIpc) is 2.88. The van der Waals surface area contributed by atoms with Gasteiger partial charge in [0.25, 0.3) is 0 Å². The molecule has 0 radical (unpaired) electrons. The molecule has 7 nitrogen and oxygen atoms in total. The summed E-state index contributed by atoms with van der Waals surface area (Å²) >= 11 is 0. The van der Waals surface area contributed by atoms with E-state index in [1.165, 1.54) is 6.42 Å². The maximum atomic E-state index is 12.8. The van der Waals surface area contributed by atoms with E-state index in [4.69, 9.17) is 19.4 Å². The molecule has 5 rings (SSSR count). The fourth-order valence-corrected chi connectivity index (χ4v) is 4.45. The number of aryl methyl sites for hydroxylation is 1. The first-order chi connectivity index (χ1) is 16.7. The van der Waals surface area contributed by atoms with Crippen LogP contribution in [0.15, 0.2) is 54.6 Å². The molecule has 0 saturated carbocycles. The van der Waals surface area contributed by atoms with E-state index in [9.17, 15) is 4.79 Å². The second-order valence-corrected chi connectivity index (χ2v) is 8.93. The number of aromatic nitrogens is 2. The van der Waals surface area contributed by atoms with E-state index in [1.807, 2.05) is 61.5 Å². The molecule has 2 aliphatic rings. The molecule has 0 aliphatic carbocycles. The Morgan fingerprint density at radius 3 is 2.59 bits per heavy atom. The van der Waals surface area contributed by atoms with Crippen LogP contribution in [0, 0.1) is 6.92 Å². The van der Waals surface area contributed by atoms with E-state index in [0.29, 0.717) is 25.4 Å². The molecular weight excluding hydrogens is 428 g/mol. The molecule has 0 spiro atoms. The van der Waals surface area contributed by atoms with Gasteiger partial charge in [0, 0.05) is 26.1 Å². The number of anilines is 1. The van der Waals surface area contributed by atoms with Crippen molar-refractivity contribution in [3.63, 3.8) is 0 Å². The number of carbonyl (C=O) groups is 1. The number of fused-ring (bicyclic) bond motifs is 1. The quantitative estimate of drug-likeness (QED) is 0.519. The van der Waals surface area contributed by atoms with Gasteiger partial charge in [-0.2, -0.15) is 4.98 Å². The first-order valence-electron chi connectivity index (χ1n) is 12.0. The van der Waals surface area contributed by atoms with Crippen molar-refractivity contribution in [3.05, 3.63) is 77.0 Å². The lowest BCUT2D eigenvalue weighted by Gasteiger charge is -2.31. The Morgan fingerprint density at radius 2 is 1.79 bits per heavy atom. The Labute approximate surface area is 200 Å². The third-order valence-electron chi connectivity index (χ3n) is 6.32. The number of benzene rings is 2. The molecule has 7 heteroatoms. The van der Waals surface area contributed by atoms with Crippen LogP contribution in [0.2, 0.25) is 0 Å². The zero-order valence-electron chi connectivity index (χ0n) is 19.6. The van der Waals surface area contributed by atoms with Crippen molar-refractivity contribution in [3.8, 4) is 11.6 Å². The average molecular weight is 459 g/mol. The second kappa shape index (κ2) is 10.1. The minimum atomic E-state index is -0.337. The van der Waals surface area contributed by atoms with Gasteiger partial charge in [0.2, 0.25) is 11.8 Å². The lowest BCUT2D eigenvalue weighted by Crippen LogP contribution is -2.38. The summed E-state index contributed by atoms with van der Waals surface area (Å²) < 4.78 is 11.9. The highest BCUT2D eigenvalue weighted by atomic mass is 16.6. The SMILES string of the molecule is Cc1cccc(Oc2nc(N3CCCCC3)nc3c2CN(C(=O)OCc2ccccc2)CC3)c1. The van der Waals surface area contributed by atoms with Crippen molar-refractivity contribution < 1.29 is 14.3 Å². The Kier molecular flexibility index (Phi) is 6.60. The predicted octanol–water partition coefficient (Wildman–Crippen LogP) is 5.26. The minimum Gasteiger partial charge on any atom is -0.445 e. The number of piperidine rings is 1. The van der Waals surface area contributed by atoms with Crippen LogP contribution in [0.3, 0.4) is 0 Å². The zero-order valence-corrected chi connectivity index (χ0v) is 19.6. The molecule has 0 N–H and O–H groups in total. The van der Waals surface area contributed by atoms with Crippen LogP contribution in [0.4, 0.5) is 10.7 Å². The molecule has 3 heterocycles. The van der Waals surface area contributed by atoms with Crippen molar-refractivity contribution in [1.82, 2.24) is 14.9 Å². The van der Waals surface area contributed by atoms with Crippen molar-refractivity contribution >= 4 is 12.0 Å². The number of carbonyl (C=O) groups excluding carboxylic acids is 1. The highest BCUT2D eigenvalue weighted by molar-refractivity contribution is 5.68. The summed E-state index contributed by atoms with van der Waals surface area (Å²) in [4.78, 5) is 26.5. The van der Waals surface area contributed by atoms with Crippen LogP contribution in [-0.4, -0.2) is 40.6 Å². The van der Waals surface area contributed by atoms with E-state index in [1.54, 1.807) is 4.90 Å². The molecule has 1 amide bonds. The largest absolute Gasteiger partial charge is 0.445 e. The topological polar surface area (TPSA) is 67.8 Å². The van der Waals surface area contributed by atoms with E-state index in [2.05, 4.69) is 4.90 Å². The smallest absolute Gasteiger partial charge is 0.410 e. The van der Waals surface area contributed by atoms with Crippen molar-refractivity contribution in [2.24, 2.45) is 0 Å². The molecule has 34 heavy (non-hydrogen) atoms. The Bertz CT molecular complexity index is 1150. The Hall–Kier alpha value is -3.61. The van der Waals surface area contributed by atoms with Crippen LogP contribution in [-0.2, 0) is 24.3 Å². The summed E-state index contributed by atoms with van der Waals surface area (Å²) in [5.41, 5.74) is 3.88. The number of amides is 1. The highest BCUT2D eigenvalue weighted by Gasteiger charge is 2.29. The minimum absolute atomic E-state index is 0.250.